The highest BCUT2D eigenvalue weighted by Crippen LogP contribution is 2.45. The van der Waals surface area contributed by atoms with E-state index in [0.717, 1.165) is 58.5 Å². The van der Waals surface area contributed by atoms with Crippen LogP contribution in [0.15, 0.2) is 58.4 Å². The molecular weight excluding hydrogens is 454 g/mol. The van der Waals surface area contributed by atoms with Crippen molar-refractivity contribution in [1.82, 2.24) is 25.1 Å². The van der Waals surface area contributed by atoms with Gasteiger partial charge < -0.3 is 14.6 Å². The molecule has 8 heteroatoms. The van der Waals surface area contributed by atoms with E-state index in [1.807, 2.05) is 18.2 Å². The number of hydrogen-bond donors (Lipinski definition) is 2. The van der Waals surface area contributed by atoms with Crippen LogP contribution in [-0.2, 0) is 0 Å². The van der Waals surface area contributed by atoms with E-state index in [0.29, 0.717) is 0 Å². The zero-order valence-electron chi connectivity index (χ0n) is 18.4. The fourth-order valence-corrected chi connectivity index (χ4v) is 5.78. The Morgan fingerprint density at radius 1 is 1.15 bits per heavy atom. The van der Waals surface area contributed by atoms with E-state index in [9.17, 15) is 0 Å². The van der Waals surface area contributed by atoms with Crippen LogP contribution in [0, 0.1) is 0 Å². The molecule has 172 valence electrons. The van der Waals surface area contributed by atoms with Gasteiger partial charge in [0.1, 0.15) is 11.4 Å². The molecule has 1 unspecified atom stereocenters. The number of likely N-dealkylation sites (tertiary alicyclic amines) is 1. The van der Waals surface area contributed by atoms with Gasteiger partial charge in [-0.15, -0.1) is 12.4 Å². The maximum atomic E-state index is 6.03. The Labute approximate surface area is 204 Å². The van der Waals surface area contributed by atoms with Crippen molar-refractivity contribution in [2.24, 2.45) is 0 Å². The topological polar surface area (TPSA) is 69.8 Å². The van der Waals surface area contributed by atoms with Gasteiger partial charge in [0.15, 0.2) is 5.82 Å². The second-order valence-electron chi connectivity index (χ2n) is 8.64. The summed E-state index contributed by atoms with van der Waals surface area (Å²) in [6.45, 7) is 4.34. The van der Waals surface area contributed by atoms with E-state index in [-0.39, 0.29) is 18.3 Å². The van der Waals surface area contributed by atoms with Gasteiger partial charge in [-0.05, 0) is 55.5 Å². The van der Waals surface area contributed by atoms with Crippen molar-refractivity contribution >= 4 is 35.2 Å². The maximum absolute atomic E-state index is 6.03. The van der Waals surface area contributed by atoms with Crippen LogP contribution in [0.5, 0.6) is 5.75 Å². The largest absolute Gasteiger partial charge is 0.493 e. The quantitative estimate of drug-likeness (QED) is 0.433. The van der Waals surface area contributed by atoms with E-state index >= 15 is 0 Å². The molecule has 0 saturated carbocycles. The number of aromatic nitrogens is 4. The molecule has 2 aromatic heterocycles. The van der Waals surface area contributed by atoms with Crippen LogP contribution in [0.3, 0.4) is 0 Å². The minimum absolute atomic E-state index is 0. The molecule has 3 aliphatic rings. The number of H-pyrrole nitrogens is 2. The highest BCUT2D eigenvalue weighted by Gasteiger charge is 2.28. The van der Waals surface area contributed by atoms with Crippen molar-refractivity contribution in [1.29, 1.82) is 0 Å². The first-order valence-corrected chi connectivity index (χ1v) is 12.4. The van der Waals surface area contributed by atoms with Crippen LogP contribution in [-0.4, -0.2) is 51.3 Å². The lowest BCUT2D eigenvalue weighted by Crippen LogP contribution is -2.31. The second-order valence-corrected chi connectivity index (χ2v) is 9.52. The van der Waals surface area contributed by atoms with Gasteiger partial charge in [0.05, 0.1) is 28.2 Å². The third kappa shape index (κ3) is 4.50. The first-order chi connectivity index (χ1) is 15.8. The highest BCUT2D eigenvalue weighted by atomic mass is 35.5. The zero-order valence-corrected chi connectivity index (χ0v) is 20.1. The lowest BCUT2D eigenvalue weighted by molar-refractivity contribution is 0.205. The molecule has 2 aliphatic heterocycles. The molecule has 3 aromatic rings. The van der Waals surface area contributed by atoms with Crippen LogP contribution in [0.25, 0.3) is 22.6 Å². The second kappa shape index (κ2) is 9.79. The van der Waals surface area contributed by atoms with E-state index in [1.54, 1.807) is 11.8 Å². The molecule has 6 nitrogen and oxygen atoms in total. The molecular formula is C25H28ClN5OS. The Morgan fingerprint density at radius 3 is 2.97 bits per heavy atom. The molecule has 1 aliphatic carbocycles. The average molecular weight is 482 g/mol. The minimum Gasteiger partial charge on any atom is -0.493 e. The molecule has 1 atom stereocenters. The van der Waals surface area contributed by atoms with Gasteiger partial charge in [0, 0.05) is 18.5 Å². The normalized spacial score (nSPS) is 19.6. The summed E-state index contributed by atoms with van der Waals surface area (Å²) in [5.41, 5.74) is 5.22. The number of fused-ring (bicyclic) bond motifs is 4. The molecule has 0 spiro atoms. The predicted octanol–water partition coefficient (Wildman–Crippen LogP) is 5.83. The van der Waals surface area contributed by atoms with Gasteiger partial charge in [-0.25, -0.2) is 4.98 Å². The third-order valence-electron chi connectivity index (χ3n) is 6.45. The van der Waals surface area contributed by atoms with Crippen LogP contribution in [0.2, 0.25) is 0 Å². The lowest BCUT2D eigenvalue weighted by Gasteiger charge is -2.26. The van der Waals surface area contributed by atoms with Crippen LogP contribution in [0.4, 0.5) is 0 Å². The van der Waals surface area contributed by atoms with Gasteiger partial charge in [0.2, 0.25) is 0 Å². The smallest absolute Gasteiger partial charge is 0.160 e. The molecule has 4 heterocycles. The molecule has 33 heavy (non-hydrogen) atoms. The lowest BCUT2D eigenvalue weighted by atomic mass is 9.92. The standard InChI is InChI=1S/C25H27N5OS.ClH/c1-4-11-30(12-5-1)13-6-14-31-18-9-10-20-21(15-18)27-25(26-20)23-24-22(28-29-23)19-8-3-2-7-17(19)16-32-24;/h2-3,7-10,15-16,19H,1,4-6,11-14H2,(H,26,27)(H,28,29);1H. The Bertz CT molecular complexity index is 1220. The summed E-state index contributed by atoms with van der Waals surface area (Å²) >= 11 is 1.71. The summed E-state index contributed by atoms with van der Waals surface area (Å²) in [6, 6.07) is 6.08. The Hall–Kier alpha value is -2.48. The number of ether oxygens (including phenoxy) is 1. The third-order valence-corrected chi connectivity index (χ3v) is 7.49. The van der Waals surface area contributed by atoms with Crippen molar-refractivity contribution < 1.29 is 4.74 Å². The van der Waals surface area contributed by atoms with Gasteiger partial charge in [-0.3, -0.25) is 5.10 Å². The summed E-state index contributed by atoms with van der Waals surface area (Å²) < 4.78 is 6.03. The number of thioether (sulfide) groups is 1. The van der Waals surface area contributed by atoms with Crippen molar-refractivity contribution in [3.63, 3.8) is 0 Å². The van der Waals surface area contributed by atoms with Crippen molar-refractivity contribution in [2.75, 3.05) is 26.2 Å². The summed E-state index contributed by atoms with van der Waals surface area (Å²) in [5, 5.41) is 10.1. The number of imidazole rings is 1. The van der Waals surface area contributed by atoms with E-state index in [4.69, 9.17) is 9.72 Å². The summed E-state index contributed by atoms with van der Waals surface area (Å²) in [5.74, 6) is 1.92. The van der Waals surface area contributed by atoms with Crippen molar-refractivity contribution in [2.45, 2.75) is 36.5 Å². The molecule has 1 fully saturated rings. The van der Waals surface area contributed by atoms with Crippen molar-refractivity contribution in [3.05, 3.63) is 59.2 Å². The number of benzene rings is 1. The van der Waals surface area contributed by atoms with E-state index in [2.05, 4.69) is 49.8 Å². The van der Waals surface area contributed by atoms with Gasteiger partial charge in [-0.2, -0.15) is 5.10 Å². The number of nitrogens with zero attached hydrogens (tertiary/aromatic N) is 3. The maximum Gasteiger partial charge on any atom is 0.160 e. The van der Waals surface area contributed by atoms with E-state index in [1.165, 1.54) is 37.9 Å². The Balaban J connectivity index is 0.00000228. The summed E-state index contributed by atoms with van der Waals surface area (Å²) in [4.78, 5) is 12.0. The number of rotatable bonds is 6. The number of hydrogen-bond acceptors (Lipinski definition) is 5. The minimum atomic E-state index is 0. The average Bonchev–Trinajstić information content (AvgIpc) is 3.46. The number of piperidine rings is 1. The fourth-order valence-electron chi connectivity index (χ4n) is 4.75. The number of aromatic amines is 2. The monoisotopic (exact) mass is 481 g/mol. The molecule has 1 saturated heterocycles. The van der Waals surface area contributed by atoms with Gasteiger partial charge >= 0.3 is 0 Å². The molecule has 0 amide bonds. The first kappa shape index (κ1) is 22.3. The molecule has 0 radical (unpaired) electrons. The SMILES string of the molecule is C1=CC2=CSc3c(-c4nc5ccc(OCCCN6CCCCC6)cc5[nH]4)n[nH]c3C2C=C1.Cl. The number of allylic oxidation sites excluding steroid dienone is 5. The molecule has 2 N–H and O–H groups in total. The molecule has 1 aromatic carbocycles. The van der Waals surface area contributed by atoms with Crippen LogP contribution in [0.1, 0.15) is 37.3 Å². The van der Waals surface area contributed by atoms with Crippen LogP contribution >= 0.6 is 24.2 Å². The number of halogens is 1. The summed E-state index contributed by atoms with van der Waals surface area (Å²) in [7, 11) is 0. The highest BCUT2D eigenvalue weighted by molar-refractivity contribution is 8.02. The molecule has 6 rings (SSSR count). The fraction of sp³-hybridized carbons (Fsp3) is 0.360. The molecule has 0 bridgehead atoms. The van der Waals surface area contributed by atoms with Crippen molar-refractivity contribution in [3.8, 4) is 17.3 Å². The van der Waals surface area contributed by atoms with E-state index < -0.39 is 0 Å². The zero-order chi connectivity index (χ0) is 21.3. The predicted molar refractivity (Wildman–Crippen MR) is 136 cm³/mol. The Morgan fingerprint density at radius 2 is 2.06 bits per heavy atom. The summed E-state index contributed by atoms with van der Waals surface area (Å²) in [6.07, 6.45) is 13.7. The van der Waals surface area contributed by atoms with Gasteiger partial charge in [-0.1, -0.05) is 42.5 Å². The number of nitrogens with one attached hydrogen (secondary N) is 2. The Kier molecular flexibility index (Phi) is 6.62. The van der Waals surface area contributed by atoms with Gasteiger partial charge in [0.25, 0.3) is 0 Å². The van der Waals surface area contributed by atoms with Crippen LogP contribution < -0.4 is 4.74 Å². The first-order valence-electron chi connectivity index (χ1n) is 11.5.